The van der Waals surface area contributed by atoms with Crippen LogP contribution in [-0.2, 0) is 9.53 Å². The van der Waals surface area contributed by atoms with Gasteiger partial charge in [0.05, 0.1) is 11.8 Å². The Balaban J connectivity index is 1.64. The Morgan fingerprint density at radius 2 is 2.36 bits per heavy atom. The highest BCUT2D eigenvalue weighted by Crippen LogP contribution is 2.26. The number of rotatable bonds is 6. The van der Waals surface area contributed by atoms with E-state index < -0.39 is 5.82 Å². The van der Waals surface area contributed by atoms with Gasteiger partial charge in [-0.1, -0.05) is 6.07 Å². The smallest absolute Gasteiger partial charge is 0.248 e. The fourth-order valence-corrected chi connectivity index (χ4v) is 2.51. The lowest BCUT2D eigenvalue weighted by atomic mass is 10.2. The van der Waals surface area contributed by atoms with Crippen LogP contribution in [0, 0.1) is 5.82 Å². The molecule has 0 spiro atoms. The van der Waals surface area contributed by atoms with Gasteiger partial charge in [0.15, 0.2) is 0 Å². The lowest BCUT2D eigenvalue weighted by Gasteiger charge is -2.15. The fourth-order valence-electron chi connectivity index (χ4n) is 2.51. The number of amides is 1. The average molecular weight is 342 g/mol. The average Bonchev–Trinajstić information content (AvgIpc) is 3.14. The Labute approximate surface area is 145 Å². The zero-order chi connectivity index (χ0) is 17.5. The first-order valence-corrected chi connectivity index (χ1v) is 8.14. The van der Waals surface area contributed by atoms with Crippen LogP contribution >= 0.6 is 0 Å². The number of nitrogens with zero attached hydrogens (tertiary/aromatic N) is 1. The van der Waals surface area contributed by atoms with E-state index in [1.807, 2.05) is 6.07 Å². The maximum Gasteiger partial charge on any atom is 0.248 e. The van der Waals surface area contributed by atoms with Crippen molar-refractivity contribution in [3.63, 3.8) is 0 Å². The van der Waals surface area contributed by atoms with Crippen molar-refractivity contribution in [2.75, 3.05) is 18.5 Å². The van der Waals surface area contributed by atoms with Crippen LogP contribution < -0.4 is 10.1 Å². The van der Waals surface area contributed by atoms with Crippen molar-refractivity contribution in [1.82, 2.24) is 4.98 Å². The third-order valence-electron chi connectivity index (χ3n) is 3.76. The van der Waals surface area contributed by atoms with Crippen molar-refractivity contribution in [3.8, 4) is 5.75 Å². The van der Waals surface area contributed by atoms with Gasteiger partial charge in [0.2, 0.25) is 5.91 Å². The minimum absolute atomic E-state index is 0.0408. The summed E-state index contributed by atoms with van der Waals surface area (Å²) in [6, 6.07) is 7.65. The highest BCUT2D eigenvalue weighted by Gasteiger charge is 2.17. The van der Waals surface area contributed by atoms with Crippen molar-refractivity contribution < 1.29 is 18.7 Å². The molecule has 1 N–H and O–H groups in total. The number of pyridine rings is 1. The second-order valence-corrected chi connectivity index (χ2v) is 5.70. The molecule has 1 aromatic heterocycles. The summed E-state index contributed by atoms with van der Waals surface area (Å²) in [4.78, 5) is 16.1. The molecule has 1 saturated heterocycles. The molecule has 1 fully saturated rings. The topological polar surface area (TPSA) is 60.5 Å². The van der Waals surface area contributed by atoms with E-state index in [0.29, 0.717) is 18.0 Å². The van der Waals surface area contributed by atoms with Gasteiger partial charge in [0, 0.05) is 31.1 Å². The number of carbonyl (C=O) groups is 1. The van der Waals surface area contributed by atoms with Crippen molar-refractivity contribution in [2.24, 2.45) is 0 Å². The summed E-state index contributed by atoms with van der Waals surface area (Å²) < 4.78 is 24.7. The van der Waals surface area contributed by atoms with Gasteiger partial charge >= 0.3 is 0 Å². The second-order valence-electron chi connectivity index (χ2n) is 5.70. The standard InChI is InChI=1S/C19H19FN2O3/c20-15-6-7-18(25-13-16-4-2-10-24-16)17(11-15)22-19(23)8-5-14-3-1-9-21-12-14/h1,3,5-9,11-12,16H,2,4,10,13H2,(H,22,23)/b8-5-/t16-/m0/s1. The molecule has 2 heterocycles. The first-order valence-electron chi connectivity index (χ1n) is 8.14. The Bertz CT molecular complexity index is 744. The zero-order valence-corrected chi connectivity index (χ0v) is 13.7. The Hall–Kier alpha value is -2.73. The number of anilines is 1. The SMILES string of the molecule is O=C(/C=C\c1cccnc1)Nc1cc(F)ccc1OC[C@@H]1CCCO1. The molecule has 25 heavy (non-hydrogen) atoms. The molecule has 1 amide bonds. The van der Waals surface area contributed by atoms with E-state index in [1.54, 1.807) is 24.5 Å². The van der Waals surface area contributed by atoms with Crippen LogP contribution in [0.3, 0.4) is 0 Å². The van der Waals surface area contributed by atoms with Crippen LogP contribution in [0.2, 0.25) is 0 Å². The summed E-state index contributed by atoms with van der Waals surface area (Å²) >= 11 is 0. The van der Waals surface area contributed by atoms with Crippen molar-refractivity contribution in [3.05, 3.63) is 60.2 Å². The third kappa shape index (κ3) is 5.12. The summed E-state index contributed by atoms with van der Waals surface area (Å²) in [6.45, 7) is 1.11. The fraction of sp³-hybridized carbons (Fsp3) is 0.263. The van der Waals surface area contributed by atoms with Gasteiger partial charge in [0.1, 0.15) is 18.2 Å². The molecule has 5 nitrogen and oxygen atoms in total. The van der Waals surface area contributed by atoms with Gasteiger partial charge in [-0.25, -0.2) is 4.39 Å². The van der Waals surface area contributed by atoms with E-state index in [4.69, 9.17) is 9.47 Å². The Morgan fingerprint density at radius 1 is 1.44 bits per heavy atom. The normalized spacial score (nSPS) is 16.9. The molecule has 0 radical (unpaired) electrons. The lowest BCUT2D eigenvalue weighted by Crippen LogP contribution is -2.17. The van der Waals surface area contributed by atoms with Gasteiger partial charge in [-0.15, -0.1) is 0 Å². The molecule has 1 atom stereocenters. The highest BCUT2D eigenvalue weighted by molar-refractivity contribution is 6.02. The molecule has 1 aliphatic rings. The van der Waals surface area contributed by atoms with Gasteiger partial charge in [0.25, 0.3) is 0 Å². The van der Waals surface area contributed by atoms with Gasteiger partial charge in [-0.3, -0.25) is 9.78 Å². The number of hydrogen-bond donors (Lipinski definition) is 1. The number of carbonyl (C=O) groups excluding carboxylic acids is 1. The number of hydrogen-bond acceptors (Lipinski definition) is 4. The molecule has 6 heteroatoms. The number of halogens is 1. The number of benzene rings is 1. The monoisotopic (exact) mass is 342 g/mol. The molecule has 0 bridgehead atoms. The van der Waals surface area contributed by atoms with Crippen LogP contribution in [0.5, 0.6) is 5.75 Å². The minimum atomic E-state index is -0.448. The van der Waals surface area contributed by atoms with Crippen LogP contribution in [0.4, 0.5) is 10.1 Å². The molecular weight excluding hydrogens is 323 g/mol. The van der Waals surface area contributed by atoms with Gasteiger partial charge in [-0.2, -0.15) is 0 Å². The van der Waals surface area contributed by atoms with Crippen molar-refractivity contribution in [2.45, 2.75) is 18.9 Å². The Morgan fingerprint density at radius 3 is 3.12 bits per heavy atom. The van der Waals surface area contributed by atoms with E-state index >= 15 is 0 Å². The zero-order valence-electron chi connectivity index (χ0n) is 13.7. The van der Waals surface area contributed by atoms with Crippen molar-refractivity contribution >= 4 is 17.7 Å². The molecule has 1 aromatic carbocycles. The number of aromatic nitrogens is 1. The second kappa shape index (κ2) is 8.39. The Kier molecular flexibility index (Phi) is 5.74. The van der Waals surface area contributed by atoms with Crippen molar-refractivity contribution in [1.29, 1.82) is 0 Å². The van der Waals surface area contributed by atoms with E-state index in [0.717, 1.165) is 25.0 Å². The highest BCUT2D eigenvalue weighted by atomic mass is 19.1. The number of ether oxygens (including phenoxy) is 2. The summed E-state index contributed by atoms with van der Waals surface area (Å²) in [5, 5.41) is 2.65. The predicted molar refractivity (Wildman–Crippen MR) is 92.8 cm³/mol. The molecule has 0 saturated carbocycles. The summed E-state index contributed by atoms with van der Waals surface area (Å²) in [7, 11) is 0. The van der Waals surface area contributed by atoms with E-state index in [1.165, 1.54) is 24.3 Å². The molecule has 130 valence electrons. The maximum absolute atomic E-state index is 13.5. The molecule has 0 unspecified atom stereocenters. The van der Waals surface area contributed by atoms with Crippen LogP contribution in [0.25, 0.3) is 6.08 Å². The quantitative estimate of drug-likeness (QED) is 0.817. The minimum Gasteiger partial charge on any atom is -0.489 e. The van der Waals surface area contributed by atoms with Crippen LogP contribution in [0.1, 0.15) is 18.4 Å². The summed E-state index contributed by atoms with van der Waals surface area (Å²) in [5.74, 6) is -0.410. The molecule has 0 aliphatic carbocycles. The maximum atomic E-state index is 13.5. The first kappa shape index (κ1) is 17.1. The molecule has 3 rings (SSSR count). The van der Waals surface area contributed by atoms with Crippen LogP contribution in [0.15, 0.2) is 48.8 Å². The van der Waals surface area contributed by atoms with Crippen LogP contribution in [-0.4, -0.2) is 30.2 Å². The molecular formula is C19H19FN2O3. The molecule has 2 aromatic rings. The third-order valence-corrected chi connectivity index (χ3v) is 3.76. The molecule has 1 aliphatic heterocycles. The first-order chi connectivity index (χ1) is 12.2. The number of nitrogens with one attached hydrogen (secondary N) is 1. The summed E-state index contributed by atoms with van der Waals surface area (Å²) in [5.41, 5.74) is 1.09. The van der Waals surface area contributed by atoms with E-state index in [9.17, 15) is 9.18 Å². The van der Waals surface area contributed by atoms with E-state index in [2.05, 4.69) is 10.3 Å². The predicted octanol–water partition coefficient (Wildman–Crippen LogP) is 3.43. The van der Waals surface area contributed by atoms with Gasteiger partial charge in [-0.05, 0) is 42.7 Å². The van der Waals surface area contributed by atoms with Gasteiger partial charge < -0.3 is 14.8 Å². The van der Waals surface area contributed by atoms with E-state index in [-0.39, 0.29) is 12.0 Å². The lowest BCUT2D eigenvalue weighted by molar-refractivity contribution is -0.111. The summed E-state index contributed by atoms with van der Waals surface area (Å²) in [6.07, 6.45) is 8.29. The largest absolute Gasteiger partial charge is 0.489 e.